The second kappa shape index (κ2) is 4.85. The number of fused-ring (bicyclic) bond motifs is 1. The molecule has 2 atom stereocenters. The fourth-order valence-corrected chi connectivity index (χ4v) is 2.47. The van der Waals surface area contributed by atoms with Crippen LogP contribution in [0.15, 0.2) is 18.2 Å². The van der Waals surface area contributed by atoms with Gasteiger partial charge in [-0.05, 0) is 24.5 Å². The molecule has 0 aromatic heterocycles. The highest BCUT2D eigenvalue weighted by Crippen LogP contribution is 2.38. The fourth-order valence-electron chi connectivity index (χ4n) is 2.47. The Labute approximate surface area is 96.3 Å². The van der Waals surface area contributed by atoms with Crippen LogP contribution < -0.4 is 4.74 Å². The Hall–Kier alpha value is -1.06. The first-order chi connectivity index (χ1) is 7.81. The van der Waals surface area contributed by atoms with E-state index < -0.39 is 0 Å². The van der Waals surface area contributed by atoms with E-state index in [0.29, 0.717) is 0 Å². The molecule has 0 saturated heterocycles. The van der Waals surface area contributed by atoms with Crippen molar-refractivity contribution in [3.05, 3.63) is 29.3 Å². The van der Waals surface area contributed by atoms with Gasteiger partial charge in [0.1, 0.15) is 11.9 Å². The van der Waals surface area contributed by atoms with Gasteiger partial charge in [0.05, 0.1) is 13.2 Å². The summed E-state index contributed by atoms with van der Waals surface area (Å²) >= 11 is 0. The third-order valence-corrected chi connectivity index (χ3v) is 3.27. The summed E-state index contributed by atoms with van der Waals surface area (Å²) < 4.78 is 16.4. The van der Waals surface area contributed by atoms with Crippen molar-refractivity contribution in [3.63, 3.8) is 0 Å². The molecule has 0 spiro atoms. The SMILES string of the molecule is COc1cccc2c1CCC(OC)C2OC. The van der Waals surface area contributed by atoms with Crippen molar-refractivity contribution in [1.82, 2.24) is 0 Å². The minimum atomic E-state index is 0.0175. The normalized spacial score (nSPS) is 23.9. The van der Waals surface area contributed by atoms with Gasteiger partial charge >= 0.3 is 0 Å². The summed E-state index contributed by atoms with van der Waals surface area (Å²) in [5.74, 6) is 0.953. The van der Waals surface area contributed by atoms with Crippen molar-refractivity contribution < 1.29 is 14.2 Å². The summed E-state index contributed by atoms with van der Waals surface area (Å²) in [7, 11) is 5.17. The van der Waals surface area contributed by atoms with Crippen LogP contribution in [0.3, 0.4) is 0 Å². The first-order valence-corrected chi connectivity index (χ1v) is 5.53. The van der Waals surface area contributed by atoms with Crippen LogP contribution in [-0.2, 0) is 15.9 Å². The Morgan fingerprint density at radius 1 is 1.12 bits per heavy atom. The van der Waals surface area contributed by atoms with E-state index in [1.807, 2.05) is 12.1 Å². The number of methoxy groups -OCH3 is 3. The summed E-state index contributed by atoms with van der Waals surface area (Å²) in [6.07, 6.45) is 2.12. The van der Waals surface area contributed by atoms with Gasteiger partial charge in [-0.3, -0.25) is 0 Å². The Morgan fingerprint density at radius 2 is 1.94 bits per heavy atom. The monoisotopic (exact) mass is 222 g/mol. The summed E-state index contributed by atoms with van der Waals surface area (Å²) in [4.78, 5) is 0. The zero-order valence-corrected chi connectivity index (χ0v) is 10.0. The number of ether oxygens (including phenoxy) is 3. The van der Waals surface area contributed by atoms with Gasteiger partial charge in [-0.2, -0.15) is 0 Å². The van der Waals surface area contributed by atoms with Crippen molar-refractivity contribution in [1.29, 1.82) is 0 Å². The Kier molecular flexibility index (Phi) is 3.46. The molecular formula is C13H18O3. The van der Waals surface area contributed by atoms with Crippen molar-refractivity contribution >= 4 is 0 Å². The first-order valence-electron chi connectivity index (χ1n) is 5.53. The van der Waals surface area contributed by atoms with E-state index >= 15 is 0 Å². The van der Waals surface area contributed by atoms with E-state index in [0.717, 1.165) is 18.6 Å². The molecule has 1 aliphatic rings. The molecule has 16 heavy (non-hydrogen) atoms. The van der Waals surface area contributed by atoms with Gasteiger partial charge in [0.15, 0.2) is 0 Å². The zero-order chi connectivity index (χ0) is 11.5. The van der Waals surface area contributed by atoms with E-state index in [2.05, 4.69) is 6.07 Å². The molecule has 2 unspecified atom stereocenters. The van der Waals surface area contributed by atoms with Crippen molar-refractivity contribution in [2.24, 2.45) is 0 Å². The van der Waals surface area contributed by atoms with Gasteiger partial charge < -0.3 is 14.2 Å². The second-order valence-corrected chi connectivity index (χ2v) is 4.00. The van der Waals surface area contributed by atoms with Gasteiger partial charge in [0.2, 0.25) is 0 Å². The van der Waals surface area contributed by atoms with Crippen molar-refractivity contribution in [2.45, 2.75) is 25.0 Å². The molecule has 3 nitrogen and oxygen atoms in total. The molecule has 1 aliphatic carbocycles. The number of rotatable bonds is 3. The van der Waals surface area contributed by atoms with E-state index in [9.17, 15) is 0 Å². The van der Waals surface area contributed by atoms with Crippen LogP contribution in [0.2, 0.25) is 0 Å². The van der Waals surface area contributed by atoms with Crippen molar-refractivity contribution in [3.8, 4) is 5.75 Å². The number of hydrogen-bond acceptors (Lipinski definition) is 3. The summed E-state index contributed by atoms with van der Waals surface area (Å²) in [6, 6.07) is 6.09. The quantitative estimate of drug-likeness (QED) is 0.785. The highest BCUT2D eigenvalue weighted by molar-refractivity contribution is 5.43. The van der Waals surface area contributed by atoms with Gasteiger partial charge in [-0.1, -0.05) is 12.1 Å². The lowest BCUT2D eigenvalue weighted by atomic mass is 9.86. The minimum Gasteiger partial charge on any atom is -0.496 e. The topological polar surface area (TPSA) is 27.7 Å². The van der Waals surface area contributed by atoms with Gasteiger partial charge in [-0.25, -0.2) is 0 Å². The molecule has 3 heteroatoms. The van der Waals surface area contributed by atoms with E-state index in [4.69, 9.17) is 14.2 Å². The Balaban J connectivity index is 2.41. The van der Waals surface area contributed by atoms with Crippen LogP contribution >= 0.6 is 0 Å². The molecule has 1 aromatic carbocycles. The minimum absolute atomic E-state index is 0.0175. The van der Waals surface area contributed by atoms with Crippen LogP contribution in [0.25, 0.3) is 0 Å². The highest BCUT2D eigenvalue weighted by atomic mass is 16.5. The summed E-state index contributed by atoms with van der Waals surface area (Å²) in [5, 5.41) is 0. The van der Waals surface area contributed by atoms with E-state index in [-0.39, 0.29) is 12.2 Å². The Morgan fingerprint density at radius 3 is 2.56 bits per heavy atom. The lowest BCUT2D eigenvalue weighted by Gasteiger charge is -2.32. The maximum atomic E-state index is 5.54. The highest BCUT2D eigenvalue weighted by Gasteiger charge is 2.30. The maximum Gasteiger partial charge on any atom is 0.122 e. The third-order valence-electron chi connectivity index (χ3n) is 3.27. The van der Waals surface area contributed by atoms with Crippen molar-refractivity contribution in [2.75, 3.05) is 21.3 Å². The first kappa shape index (κ1) is 11.4. The third kappa shape index (κ3) is 1.81. The molecule has 0 radical (unpaired) electrons. The lowest BCUT2D eigenvalue weighted by molar-refractivity contribution is -0.0472. The summed E-state index contributed by atoms with van der Waals surface area (Å²) in [5.41, 5.74) is 2.45. The standard InChI is InChI=1S/C13H18O3/c1-14-11-6-4-5-10-9(11)7-8-12(15-2)13(10)16-3/h4-6,12-13H,7-8H2,1-3H3. The molecule has 0 heterocycles. The van der Waals surface area contributed by atoms with E-state index in [1.54, 1.807) is 21.3 Å². The van der Waals surface area contributed by atoms with Gasteiger partial charge in [0.25, 0.3) is 0 Å². The molecule has 2 rings (SSSR count). The molecule has 0 amide bonds. The molecule has 0 bridgehead atoms. The molecule has 88 valence electrons. The molecular weight excluding hydrogens is 204 g/mol. The number of hydrogen-bond donors (Lipinski definition) is 0. The van der Waals surface area contributed by atoms with Crippen LogP contribution in [-0.4, -0.2) is 27.4 Å². The lowest BCUT2D eigenvalue weighted by Crippen LogP contribution is -2.28. The van der Waals surface area contributed by atoms with Gasteiger partial charge in [0, 0.05) is 19.8 Å². The molecule has 0 saturated carbocycles. The molecule has 0 aliphatic heterocycles. The largest absolute Gasteiger partial charge is 0.496 e. The average Bonchev–Trinajstić information content (AvgIpc) is 2.36. The maximum absolute atomic E-state index is 5.54. The molecule has 0 fully saturated rings. The number of benzene rings is 1. The smallest absolute Gasteiger partial charge is 0.122 e. The predicted molar refractivity (Wildman–Crippen MR) is 61.9 cm³/mol. The van der Waals surface area contributed by atoms with E-state index in [1.165, 1.54) is 11.1 Å². The predicted octanol–water partition coefficient (Wildman–Crippen LogP) is 2.34. The molecule has 1 aromatic rings. The fraction of sp³-hybridized carbons (Fsp3) is 0.538. The van der Waals surface area contributed by atoms with Crippen LogP contribution in [0.1, 0.15) is 23.7 Å². The van der Waals surface area contributed by atoms with Gasteiger partial charge in [-0.15, -0.1) is 0 Å². The zero-order valence-electron chi connectivity index (χ0n) is 10.0. The summed E-state index contributed by atoms with van der Waals surface area (Å²) in [6.45, 7) is 0. The van der Waals surface area contributed by atoms with Crippen LogP contribution in [0.5, 0.6) is 5.75 Å². The van der Waals surface area contributed by atoms with Crippen LogP contribution in [0, 0.1) is 0 Å². The Bertz CT molecular complexity index is 362. The van der Waals surface area contributed by atoms with Crippen LogP contribution in [0.4, 0.5) is 0 Å². The second-order valence-electron chi connectivity index (χ2n) is 4.00. The molecule has 0 N–H and O–H groups in total. The average molecular weight is 222 g/mol.